The molecule has 18 heavy (non-hydrogen) atoms. The summed E-state index contributed by atoms with van der Waals surface area (Å²) in [6, 6.07) is 8.30. The molecule has 0 radical (unpaired) electrons. The molecule has 3 heteroatoms. The summed E-state index contributed by atoms with van der Waals surface area (Å²) in [6.45, 7) is 3.03. The predicted molar refractivity (Wildman–Crippen MR) is 83.1 cm³/mol. The highest BCUT2D eigenvalue weighted by Gasteiger charge is 2.34. The molecule has 0 spiro atoms. The molecule has 2 unspecified atom stereocenters. The van der Waals surface area contributed by atoms with Gasteiger partial charge in [0.1, 0.15) is 0 Å². The van der Waals surface area contributed by atoms with Crippen LogP contribution in [0, 0.1) is 5.92 Å². The highest BCUT2D eigenvalue weighted by molar-refractivity contribution is 9.10. The lowest BCUT2D eigenvalue weighted by Gasteiger charge is -2.38. The summed E-state index contributed by atoms with van der Waals surface area (Å²) < 4.78 is 7.42. The van der Waals surface area contributed by atoms with Crippen LogP contribution >= 0.6 is 31.9 Å². The summed E-state index contributed by atoms with van der Waals surface area (Å²) in [6.07, 6.45) is 4.96. The van der Waals surface area contributed by atoms with Crippen molar-refractivity contribution in [2.24, 2.45) is 5.92 Å². The Bertz CT molecular complexity index is 394. The molecule has 1 nitrogen and oxygen atoms in total. The molecule has 0 aliphatic heterocycles. The SMILES string of the molecule is CC1CCCC(CBr)(OCc2ccccc2Br)C1. The van der Waals surface area contributed by atoms with Crippen LogP contribution < -0.4 is 0 Å². The van der Waals surface area contributed by atoms with Gasteiger partial charge in [0.25, 0.3) is 0 Å². The fraction of sp³-hybridized carbons (Fsp3) is 0.600. The molecule has 100 valence electrons. The van der Waals surface area contributed by atoms with Gasteiger partial charge in [-0.2, -0.15) is 0 Å². The Kier molecular flexibility index (Phi) is 5.28. The number of ether oxygens (including phenoxy) is 1. The van der Waals surface area contributed by atoms with Crippen molar-refractivity contribution >= 4 is 31.9 Å². The average Bonchev–Trinajstić information content (AvgIpc) is 2.38. The van der Waals surface area contributed by atoms with Gasteiger partial charge in [0.2, 0.25) is 0 Å². The number of hydrogen-bond acceptors (Lipinski definition) is 1. The second-order valence-electron chi connectivity index (χ2n) is 5.40. The van der Waals surface area contributed by atoms with E-state index in [2.05, 4.69) is 57.0 Å². The van der Waals surface area contributed by atoms with Gasteiger partial charge < -0.3 is 4.74 Å². The van der Waals surface area contributed by atoms with Crippen LogP contribution in [-0.2, 0) is 11.3 Å². The first kappa shape index (κ1) is 14.5. The first-order chi connectivity index (χ1) is 8.65. The van der Waals surface area contributed by atoms with Gasteiger partial charge >= 0.3 is 0 Å². The van der Waals surface area contributed by atoms with Gasteiger partial charge in [-0.15, -0.1) is 0 Å². The molecule has 1 fully saturated rings. The molecule has 1 aliphatic carbocycles. The zero-order valence-electron chi connectivity index (χ0n) is 10.8. The van der Waals surface area contributed by atoms with Gasteiger partial charge in [-0.05, 0) is 30.4 Å². The molecule has 1 aromatic carbocycles. The Balaban J connectivity index is 2.01. The maximum atomic E-state index is 6.28. The van der Waals surface area contributed by atoms with Crippen molar-refractivity contribution in [3.8, 4) is 0 Å². The van der Waals surface area contributed by atoms with Gasteiger partial charge in [0, 0.05) is 9.80 Å². The molecule has 0 N–H and O–H groups in total. The van der Waals surface area contributed by atoms with Gasteiger partial charge in [-0.25, -0.2) is 0 Å². The Morgan fingerprint density at radius 3 is 2.83 bits per heavy atom. The molecule has 0 bridgehead atoms. The Morgan fingerprint density at radius 1 is 1.39 bits per heavy atom. The third kappa shape index (κ3) is 3.58. The van der Waals surface area contributed by atoms with E-state index < -0.39 is 0 Å². The van der Waals surface area contributed by atoms with Crippen LogP contribution in [0.25, 0.3) is 0 Å². The van der Waals surface area contributed by atoms with E-state index in [4.69, 9.17) is 4.74 Å². The minimum atomic E-state index is 0.0347. The summed E-state index contributed by atoms with van der Waals surface area (Å²) in [5, 5.41) is 0.939. The van der Waals surface area contributed by atoms with Crippen LogP contribution in [0.5, 0.6) is 0 Å². The van der Waals surface area contributed by atoms with E-state index in [0.29, 0.717) is 6.61 Å². The minimum absolute atomic E-state index is 0.0347. The quantitative estimate of drug-likeness (QED) is 0.648. The lowest BCUT2D eigenvalue weighted by Crippen LogP contribution is -2.39. The van der Waals surface area contributed by atoms with E-state index in [9.17, 15) is 0 Å². The fourth-order valence-corrected chi connectivity index (χ4v) is 3.82. The highest BCUT2D eigenvalue weighted by Crippen LogP contribution is 2.37. The van der Waals surface area contributed by atoms with E-state index in [1.165, 1.54) is 31.2 Å². The number of hydrogen-bond donors (Lipinski definition) is 0. The van der Waals surface area contributed by atoms with Crippen molar-refractivity contribution in [2.75, 3.05) is 5.33 Å². The second-order valence-corrected chi connectivity index (χ2v) is 6.81. The highest BCUT2D eigenvalue weighted by atomic mass is 79.9. The smallest absolute Gasteiger partial charge is 0.0786 e. The van der Waals surface area contributed by atoms with Gasteiger partial charge in [0.15, 0.2) is 0 Å². The molecule has 0 aromatic heterocycles. The van der Waals surface area contributed by atoms with Gasteiger partial charge in [0.05, 0.1) is 12.2 Å². The van der Waals surface area contributed by atoms with Crippen LogP contribution in [0.2, 0.25) is 0 Å². The van der Waals surface area contributed by atoms with Crippen LogP contribution in [-0.4, -0.2) is 10.9 Å². The normalized spacial score (nSPS) is 28.3. The Morgan fingerprint density at radius 2 is 2.17 bits per heavy atom. The molecule has 2 rings (SSSR count). The average molecular weight is 376 g/mol. The second kappa shape index (κ2) is 6.53. The number of rotatable bonds is 4. The van der Waals surface area contributed by atoms with Crippen molar-refractivity contribution in [1.82, 2.24) is 0 Å². The van der Waals surface area contributed by atoms with E-state index >= 15 is 0 Å². The van der Waals surface area contributed by atoms with Crippen molar-refractivity contribution in [3.05, 3.63) is 34.3 Å². The molecule has 0 amide bonds. The number of benzene rings is 1. The molecule has 1 saturated carbocycles. The minimum Gasteiger partial charge on any atom is -0.369 e. The molecule has 1 aromatic rings. The standard InChI is InChI=1S/C15H20Br2O/c1-12-5-4-8-15(9-12,11-16)18-10-13-6-2-3-7-14(13)17/h2-3,6-7,12H,4-5,8-11H2,1H3. The monoisotopic (exact) mass is 374 g/mol. The van der Waals surface area contributed by atoms with Crippen molar-refractivity contribution in [2.45, 2.75) is 44.8 Å². The summed E-state index contributed by atoms with van der Waals surface area (Å²) in [4.78, 5) is 0. The Labute approximate surface area is 127 Å². The third-order valence-corrected chi connectivity index (χ3v) is 5.58. The first-order valence-corrected chi connectivity index (χ1v) is 8.50. The van der Waals surface area contributed by atoms with E-state index in [1.807, 2.05) is 6.07 Å². The zero-order chi connectivity index (χ0) is 13.0. The van der Waals surface area contributed by atoms with Crippen LogP contribution in [0.4, 0.5) is 0 Å². The molecular weight excluding hydrogens is 356 g/mol. The van der Waals surface area contributed by atoms with E-state index in [0.717, 1.165) is 15.7 Å². The maximum Gasteiger partial charge on any atom is 0.0786 e. The number of alkyl halides is 1. The maximum absolute atomic E-state index is 6.28. The molecule has 2 atom stereocenters. The van der Waals surface area contributed by atoms with Crippen molar-refractivity contribution < 1.29 is 4.74 Å². The topological polar surface area (TPSA) is 9.23 Å². The van der Waals surface area contributed by atoms with Gasteiger partial charge in [-0.1, -0.05) is 69.8 Å². The zero-order valence-corrected chi connectivity index (χ0v) is 14.0. The van der Waals surface area contributed by atoms with Crippen molar-refractivity contribution in [3.63, 3.8) is 0 Å². The van der Waals surface area contributed by atoms with Crippen LogP contribution in [0.3, 0.4) is 0 Å². The number of halogens is 2. The third-order valence-electron chi connectivity index (χ3n) is 3.79. The fourth-order valence-electron chi connectivity index (χ4n) is 2.75. The summed E-state index contributed by atoms with van der Waals surface area (Å²) in [7, 11) is 0. The van der Waals surface area contributed by atoms with E-state index in [-0.39, 0.29) is 5.60 Å². The van der Waals surface area contributed by atoms with Crippen LogP contribution in [0.15, 0.2) is 28.7 Å². The lowest BCUT2D eigenvalue weighted by molar-refractivity contribution is -0.0731. The lowest BCUT2D eigenvalue weighted by atomic mass is 9.80. The van der Waals surface area contributed by atoms with Crippen LogP contribution in [0.1, 0.15) is 38.2 Å². The summed E-state index contributed by atoms with van der Waals surface area (Å²) in [5.41, 5.74) is 1.27. The summed E-state index contributed by atoms with van der Waals surface area (Å²) in [5.74, 6) is 0.774. The molecule has 0 heterocycles. The van der Waals surface area contributed by atoms with Crippen molar-refractivity contribution in [1.29, 1.82) is 0 Å². The van der Waals surface area contributed by atoms with Gasteiger partial charge in [-0.3, -0.25) is 0 Å². The van der Waals surface area contributed by atoms with E-state index in [1.54, 1.807) is 0 Å². The molecular formula is C15H20Br2O. The Hall–Kier alpha value is 0.140. The predicted octanol–water partition coefficient (Wildman–Crippen LogP) is 5.31. The largest absolute Gasteiger partial charge is 0.369 e. The summed E-state index contributed by atoms with van der Waals surface area (Å²) >= 11 is 7.23. The molecule has 0 saturated heterocycles. The first-order valence-electron chi connectivity index (χ1n) is 6.58. The molecule has 1 aliphatic rings.